The first-order chi connectivity index (χ1) is 11.0. The molecule has 1 aliphatic heterocycles. The van der Waals surface area contributed by atoms with E-state index in [1.165, 1.54) is 4.90 Å². The fraction of sp³-hybridized carbons (Fsp3) is 0.263. The highest BCUT2D eigenvalue weighted by atomic mass is 16.2. The molecule has 2 amide bonds. The predicted octanol–water partition coefficient (Wildman–Crippen LogP) is 3.36. The van der Waals surface area contributed by atoms with Gasteiger partial charge in [0.15, 0.2) is 0 Å². The van der Waals surface area contributed by atoms with Crippen LogP contribution in [0.5, 0.6) is 0 Å². The van der Waals surface area contributed by atoms with Gasteiger partial charge in [0.2, 0.25) is 5.91 Å². The van der Waals surface area contributed by atoms with Crippen molar-refractivity contribution in [3.63, 3.8) is 0 Å². The van der Waals surface area contributed by atoms with Crippen LogP contribution in [-0.4, -0.2) is 17.9 Å². The summed E-state index contributed by atoms with van der Waals surface area (Å²) in [5.41, 5.74) is 4.67. The summed E-state index contributed by atoms with van der Waals surface area (Å²) < 4.78 is 0. The van der Waals surface area contributed by atoms with Crippen LogP contribution in [0.1, 0.15) is 23.1 Å². The van der Waals surface area contributed by atoms with Crippen molar-refractivity contribution in [3.05, 3.63) is 59.2 Å². The number of carbonyl (C=O) groups is 2. The number of benzene rings is 2. The molecule has 0 radical (unpaired) electrons. The molecule has 118 valence electrons. The summed E-state index contributed by atoms with van der Waals surface area (Å²) in [4.78, 5) is 26.4. The second-order valence-electron chi connectivity index (χ2n) is 6.02. The fourth-order valence-electron chi connectivity index (χ4n) is 3.03. The first-order valence-corrected chi connectivity index (χ1v) is 7.74. The Balaban J connectivity index is 1.89. The summed E-state index contributed by atoms with van der Waals surface area (Å²) in [5, 5.41) is 3.26. The van der Waals surface area contributed by atoms with Crippen LogP contribution in [0, 0.1) is 20.8 Å². The Labute approximate surface area is 136 Å². The van der Waals surface area contributed by atoms with Crippen LogP contribution >= 0.6 is 0 Å². The van der Waals surface area contributed by atoms with Gasteiger partial charge in [0.1, 0.15) is 6.04 Å². The van der Waals surface area contributed by atoms with Gasteiger partial charge < -0.3 is 5.32 Å². The van der Waals surface area contributed by atoms with E-state index in [0.29, 0.717) is 5.69 Å². The van der Waals surface area contributed by atoms with Crippen molar-refractivity contribution in [1.29, 1.82) is 0 Å². The number of aryl methyl sites for hydroxylation is 3. The predicted molar refractivity (Wildman–Crippen MR) is 91.6 cm³/mol. The SMILES string of the molecule is Cc1ccccc1N1C(=O)C[C@@H](Nc2c(C)cccc2C)C1=O. The van der Waals surface area contributed by atoms with E-state index in [-0.39, 0.29) is 18.2 Å². The molecule has 1 N–H and O–H groups in total. The van der Waals surface area contributed by atoms with Gasteiger partial charge in [-0.3, -0.25) is 9.59 Å². The van der Waals surface area contributed by atoms with E-state index in [1.54, 1.807) is 0 Å². The van der Waals surface area contributed by atoms with Crippen LogP contribution in [0.3, 0.4) is 0 Å². The van der Waals surface area contributed by atoms with Crippen molar-refractivity contribution in [1.82, 2.24) is 0 Å². The third-order valence-electron chi connectivity index (χ3n) is 4.30. The van der Waals surface area contributed by atoms with E-state index in [9.17, 15) is 9.59 Å². The lowest BCUT2D eigenvalue weighted by Crippen LogP contribution is -2.35. The van der Waals surface area contributed by atoms with E-state index in [4.69, 9.17) is 0 Å². The van der Waals surface area contributed by atoms with E-state index < -0.39 is 6.04 Å². The van der Waals surface area contributed by atoms with E-state index >= 15 is 0 Å². The van der Waals surface area contributed by atoms with Crippen LogP contribution < -0.4 is 10.2 Å². The number of imide groups is 1. The molecule has 0 aromatic heterocycles. The zero-order chi connectivity index (χ0) is 16.6. The zero-order valence-corrected chi connectivity index (χ0v) is 13.6. The van der Waals surface area contributed by atoms with Crippen molar-refractivity contribution >= 4 is 23.2 Å². The minimum absolute atomic E-state index is 0.159. The molecule has 1 saturated heterocycles. The number of hydrogen-bond acceptors (Lipinski definition) is 3. The van der Waals surface area contributed by atoms with Crippen molar-refractivity contribution < 1.29 is 9.59 Å². The van der Waals surface area contributed by atoms with Crippen molar-refractivity contribution in [2.75, 3.05) is 10.2 Å². The van der Waals surface area contributed by atoms with Crippen molar-refractivity contribution in [2.45, 2.75) is 33.2 Å². The average molecular weight is 308 g/mol. The largest absolute Gasteiger partial charge is 0.373 e. The lowest BCUT2D eigenvalue weighted by atomic mass is 10.1. The Morgan fingerprint density at radius 1 is 0.913 bits per heavy atom. The maximum atomic E-state index is 12.7. The highest BCUT2D eigenvalue weighted by Crippen LogP contribution is 2.29. The molecule has 4 heteroatoms. The number of nitrogens with one attached hydrogen (secondary N) is 1. The quantitative estimate of drug-likeness (QED) is 0.885. The number of anilines is 2. The van der Waals surface area contributed by atoms with Crippen LogP contribution in [0.4, 0.5) is 11.4 Å². The standard InChI is InChI=1S/C19H20N2O2/c1-12-7-4-5-10-16(12)21-17(22)11-15(19(21)23)20-18-13(2)8-6-9-14(18)3/h4-10,15,20H,11H2,1-3H3/t15-/m1/s1. The van der Waals surface area contributed by atoms with E-state index in [1.807, 2.05) is 63.2 Å². The highest BCUT2D eigenvalue weighted by molar-refractivity contribution is 6.23. The zero-order valence-electron chi connectivity index (χ0n) is 13.6. The lowest BCUT2D eigenvalue weighted by molar-refractivity contribution is -0.121. The molecule has 0 saturated carbocycles. The van der Waals surface area contributed by atoms with E-state index in [0.717, 1.165) is 22.4 Å². The molecule has 3 rings (SSSR count). The maximum Gasteiger partial charge on any atom is 0.256 e. The lowest BCUT2D eigenvalue weighted by Gasteiger charge is -2.19. The first-order valence-electron chi connectivity index (χ1n) is 7.74. The molecule has 2 aromatic rings. The summed E-state index contributed by atoms with van der Waals surface area (Å²) >= 11 is 0. The molecule has 0 unspecified atom stereocenters. The Morgan fingerprint density at radius 3 is 2.17 bits per heavy atom. The maximum absolute atomic E-state index is 12.7. The highest BCUT2D eigenvalue weighted by Gasteiger charge is 2.40. The van der Waals surface area contributed by atoms with Gasteiger partial charge >= 0.3 is 0 Å². The minimum atomic E-state index is -0.512. The van der Waals surface area contributed by atoms with Gasteiger partial charge in [0, 0.05) is 5.69 Å². The Hall–Kier alpha value is -2.62. The molecule has 1 fully saturated rings. The minimum Gasteiger partial charge on any atom is -0.373 e. The summed E-state index contributed by atoms with van der Waals surface area (Å²) in [6.07, 6.45) is 0.181. The number of nitrogens with zero attached hydrogens (tertiary/aromatic N) is 1. The van der Waals surface area contributed by atoms with Crippen molar-refractivity contribution in [2.24, 2.45) is 0 Å². The van der Waals surface area contributed by atoms with Crippen LogP contribution in [0.2, 0.25) is 0 Å². The third kappa shape index (κ3) is 2.72. The molecular weight excluding hydrogens is 288 g/mol. The Bertz CT molecular complexity index is 762. The van der Waals surface area contributed by atoms with Gasteiger partial charge in [-0.2, -0.15) is 0 Å². The second-order valence-corrected chi connectivity index (χ2v) is 6.02. The monoisotopic (exact) mass is 308 g/mol. The van der Waals surface area contributed by atoms with Gasteiger partial charge in [0.05, 0.1) is 12.1 Å². The molecule has 1 aliphatic rings. The van der Waals surface area contributed by atoms with E-state index in [2.05, 4.69) is 5.32 Å². The number of rotatable bonds is 3. The Kier molecular flexibility index (Phi) is 3.90. The molecule has 1 heterocycles. The van der Waals surface area contributed by atoms with Gasteiger partial charge in [0.25, 0.3) is 5.91 Å². The normalized spacial score (nSPS) is 17.7. The topological polar surface area (TPSA) is 49.4 Å². The van der Waals surface area contributed by atoms with Gasteiger partial charge in [-0.25, -0.2) is 4.90 Å². The van der Waals surface area contributed by atoms with Crippen LogP contribution in [-0.2, 0) is 9.59 Å². The molecule has 1 atom stereocenters. The molecule has 2 aromatic carbocycles. The summed E-state index contributed by atoms with van der Waals surface area (Å²) in [6.45, 7) is 5.90. The summed E-state index contributed by atoms with van der Waals surface area (Å²) in [7, 11) is 0. The molecule has 4 nitrogen and oxygen atoms in total. The molecule has 0 spiro atoms. The number of carbonyl (C=O) groups excluding carboxylic acids is 2. The smallest absolute Gasteiger partial charge is 0.256 e. The summed E-state index contributed by atoms with van der Waals surface area (Å²) in [5.74, 6) is -0.347. The molecule has 23 heavy (non-hydrogen) atoms. The molecular formula is C19H20N2O2. The molecule has 0 bridgehead atoms. The van der Waals surface area contributed by atoms with Gasteiger partial charge in [-0.1, -0.05) is 36.4 Å². The Morgan fingerprint density at radius 2 is 1.52 bits per heavy atom. The van der Waals surface area contributed by atoms with Crippen molar-refractivity contribution in [3.8, 4) is 0 Å². The third-order valence-corrected chi connectivity index (χ3v) is 4.30. The average Bonchev–Trinajstić information content (AvgIpc) is 2.78. The fourth-order valence-corrected chi connectivity index (χ4v) is 3.03. The van der Waals surface area contributed by atoms with Gasteiger partial charge in [-0.15, -0.1) is 0 Å². The molecule has 0 aliphatic carbocycles. The van der Waals surface area contributed by atoms with Gasteiger partial charge in [-0.05, 0) is 43.5 Å². The number of hydrogen-bond donors (Lipinski definition) is 1. The van der Waals surface area contributed by atoms with Crippen LogP contribution in [0.25, 0.3) is 0 Å². The van der Waals surface area contributed by atoms with Crippen LogP contribution in [0.15, 0.2) is 42.5 Å². The number of amides is 2. The number of para-hydroxylation sites is 2. The first kappa shape index (κ1) is 15.3. The summed E-state index contributed by atoms with van der Waals surface area (Å²) in [6, 6.07) is 12.9. The second kappa shape index (κ2) is 5.88.